The summed E-state index contributed by atoms with van der Waals surface area (Å²) in [5.41, 5.74) is -0.696. The molecule has 1 spiro atoms. The number of rotatable bonds is 6. The molecule has 2 saturated heterocycles. The van der Waals surface area contributed by atoms with Crippen LogP contribution in [-0.2, 0) is 24.7 Å². The van der Waals surface area contributed by atoms with E-state index < -0.39 is 34.7 Å². The highest BCUT2D eigenvalue weighted by Crippen LogP contribution is 2.53. The molecule has 2 aromatic rings. The summed E-state index contributed by atoms with van der Waals surface area (Å²) in [6, 6.07) is 11.1. The van der Waals surface area contributed by atoms with Gasteiger partial charge in [-0.05, 0) is 38.0 Å². The Balaban J connectivity index is 1.66. The van der Waals surface area contributed by atoms with Gasteiger partial charge in [0.25, 0.3) is 17.6 Å². The zero-order valence-corrected chi connectivity index (χ0v) is 21.0. The number of carbonyl (C=O) groups is 3. The highest BCUT2D eigenvalue weighted by Gasteiger charge is 2.66. The molecule has 1 atom stereocenters. The molecular weight excluding hydrogens is 477 g/mol. The number of aliphatic hydroxyl groups excluding tert-OH is 1. The van der Waals surface area contributed by atoms with Crippen LogP contribution in [0.5, 0.6) is 0 Å². The van der Waals surface area contributed by atoms with E-state index in [4.69, 9.17) is 4.74 Å². The van der Waals surface area contributed by atoms with Crippen LogP contribution in [0.15, 0.2) is 48.0 Å². The van der Waals surface area contributed by atoms with Crippen molar-refractivity contribution in [1.29, 1.82) is 0 Å². The van der Waals surface area contributed by atoms with Crippen LogP contribution in [0.3, 0.4) is 0 Å². The second-order valence-corrected chi connectivity index (χ2v) is 9.56. The van der Waals surface area contributed by atoms with Gasteiger partial charge in [-0.2, -0.15) is 0 Å². The molecule has 0 saturated carbocycles. The molecule has 2 amide bonds. The lowest BCUT2D eigenvalue weighted by molar-refractivity contribution is -0.143. The average Bonchev–Trinajstić information content (AvgIpc) is 3.28. The molecule has 3 aliphatic heterocycles. The van der Waals surface area contributed by atoms with Crippen molar-refractivity contribution in [2.45, 2.75) is 25.8 Å². The molecule has 0 bridgehead atoms. The Hall–Kier alpha value is -3.56. The van der Waals surface area contributed by atoms with Crippen LogP contribution < -0.4 is 4.90 Å². The van der Waals surface area contributed by atoms with Gasteiger partial charge in [0.2, 0.25) is 0 Å². The van der Waals surface area contributed by atoms with Crippen molar-refractivity contribution in [2.24, 2.45) is 0 Å². The Kier molecular flexibility index (Phi) is 6.59. The lowest BCUT2D eigenvalue weighted by atomic mass is 9.81. The molecule has 9 heteroatoms. The molecule has 0 radical (unpaired) electrons. The van der Waals surface area contributed by atoms with Crippen molar-refractivity contribution >= 4 is 29.0 Å². The monoisotopic (exact) mass is 507 g/mol. The van der Waals surface area contributed by atoms with Crippen LogP contribution in [0.1, 0.15) is 30.0 Å². The Bertz CT molecular complexity index is 1300. The number of hydrogen-bond acceptors (Lipinski definition) is 6. The quantitative estimate of drug-likeness (QED) is 0.368. The number of benzene rings is 2. The van der Waals surface area contributed by atoms with E-state index in [-0.39, 0.29) is 17.7 Å². The first-order chi connectivity index (χ1) is 17.8. The summed E-state index contributed by atoms with van der Waals surface area (Å²) < 4.78 is 19.8. The molecule has 5 rings (SSSR count). The maximum absolute atomic E-state index is 14.4. The summed E-state index contributed by atoms with van der Waals surface area (Å²) in [6.07, 6.45) is 0.523. The number of fused-ring (bicyclic) bond motifs is 2. The second kappa shape index (κ2) is 9.72. The minimum atomic E-state index is -1.82. The van der Waals surface area contributed by atoms with Gasteiger partial charge in [-0.3, -0.25) is 19.3 Å². The van der Waals surface area contributed by atoms with E-state index >= 15 is 0 Å². The van der Waals surface area contributed by atoms with E-state index in [9.17, 15) is 23.9 Å². The van der Waals surface area contributed by atoms with Crippen LogP contribution in [0.2, 0.25) is 0 Å². The number of hydrogen-bond donors (Lipinski definition) is 1. The summed E-state index contributed by atoms with van der Waals surface area (Å²) in [5.74, 6) is -3.40. The highest BCUT2D eigenvalue weighted by molar-refractivity contribution is 6.50. The standard InChI is InChI=1S/C28H30FN3O5/c1-3-31-22-8-5-4-7-20(22)28(27(31)36)23(24(33)19-10-9-18(2)21(29)17-19)25(34)26(35)32(28)12-6-11-30-13-15-37-16-14-30/h4-5,7-10,17,33H,3,6,11-16H2,1-2H3. The number of likely N-dealkylation sites (N-methyl/N-ethyl adjacent to an activating group) is 1. The predicted octanol–water partition coefficient (Wildman–Crippen LogP) is 2.80. The first kappa shape index (κ1) is 25.1. The van der Waals surface area contributed by atoms with Gasteiger partial charge >= 0.3 is 0 Å². The van der Waals surface area contributed by atoms with Crippen molar-refractivity contribution in [3.63, 3.8) is 0 Å². The number of aryl methyl sites for hydroxylation is 1. The summed E-state index contributed by atoms with van der Waals surface area (Å²) in [7, 11) is 0. The van der Waals surface area contributed by atoms with E-state index in [0.717, 1.165) is 19.2 Å². The molecule has 2 aromatic carbocycles. The van der Waals surface area contributed by atoms with Gasteiger partial charge in [0.15, 0.2) is 5.54 Å². The highest BCUT2D eigenvalue weighted by atomic mass is 19.1. The van der Waals surface area contributed by atoms with Crippen LogP contribution in [0.25, 0.3) is 5.76 Å². The zero-order chi connectivity index (χ0) is 26.3. The predicted molar refractivity (Wildman–Crippen MR) is 135 cm³/mol. The fourth-order valence-corrected chi connectivity index (χ4v) is 5.64. The first-order valence-corrected chi connectivity index (χ1v) is 12.6. The Morgan fingerprint density at radius 1 is 1.08 bits per heavy atom. The normalized spacial score (nSPS) is 23.4. The molecular formula is C28H30FN3O5. The number of likely N-dealkylation sites (tertiary alicyclic amines) is 1. The van der Waals surface area contributed by atoms with Crippen LogP contribution in [0.4, 0.5) is 10.1 Å². The third kappa shape index (κ3) is 3.84. The number of ketones is 1. The van der Waals surface area contributed by atoms with E-state index in [1.807, 2.05) is 6.92 Å². The van der Waals surface area contributed by atoms with Gasteiger partial charge in [0, 0.05) is 43.9 Å². The molecule has 1 N–H and O–H groups in total. The van der Waals surface area contributed by atoms with Crippen LogP contribution in [0, 0.1) is 12.7 Å². The number of carbonyl (C=O) groups excluding carboxylic acids is 3. The molecule has 0 aliphatic carbocycles. The Morgan fingerprint density at radius 2 is 1.81 bits per heavy atom. The minimum absolute atomic E-state index is 0.0361. The van der Waals surface area contributed by atoms with Crippen molar-refractivity contribution in [2.75, 3.05) is 50.8 Å². The van der Waals surface area contributed by atoms with Crippen LogP contribution >= 0.6 is 0 Å². The van der Waals surface area contributed by atoms with E-state index in [2.05, 4.69) is 4.90 Å². The third-order valence-electron chi connectivity index (χ3n) is 7.53. The fraction of sp³-hybridized carbons (Fsp3) is 0.393. The topological polar surface area (TPSA) is 90.4 Å². The zero-order valence-electron chi connectivity index (χ0n) is 21.0. The molecule has 194 valence electrons. The fourth-order valence-electron chi connectivity index (χ4n) is 5.64. The number of aliphatic hydroxyl groups is 1. The van der Waals surface area contributed by atoms with Gasteiger partial charge in [-0.1, -0.05) is 30.3 Å². The lowest BCUT2D eigenvalue weighted by Gasteiger charge is -2.35. The van der Waals surface area contributed by atoms with Crippen molar-refractivity contribution in [1.82, 2.24) is 9.80 Å². The van der Waals surface area contributed by atoms with Gasteiger partial charge < -0.3 is 19.6 Å². The SMILES string of the molecule is CCN1C(=O)C2(C(=C(O)c3ccc(C)c(F)c3)C(=O)C(=O)N2CCCN2CCOCC2)c2ccccc21. The molecule has 3 aliphatic rings. The van der Waals surface area contributed by atoms with Gasteiger partial charge in [-0.15, -0.1) is 0 Å². The maximum Gasteiger partial charge on any atom is 0.296 e. The summed E-state index contributed by atoms with van der Waals surface area (Å²) >= 11 is 0. The summed E-state index contributed by atoms with van der Waals surface area (Å²) in [6.45, 7) is 7.33. The van der Waals surface area contributed by atoms with E-state index in [1.165, 1.54) is 21.9 Å². The lowest BCUT2D eigenvalue weighted by Crippen LogP contribution is -2.52. The maximum atomic E-state index is 14.4. The van der Waals surface area contributed by atoms with Gasteiger partial charge in [0.05, 0.1) is 24.5 Å². The molecule has 3 heterocycles. The van der Waals surface area contributed by atoms with Crippen molar-refractivity contribution in [3.05, 3.63) is 70.5 Å². The third-order valence-corrected chi connectivity index (χ3v) is 7.53. The number of ether oxygens (including phenoxy) is 1. The number of morpholine rings is 1. The minimum Gasteiger partial charge on any atom is -0.507 e. The number of para-hydroxylation sites is 1. The first-order valence-electron chi connectivity index (χ1n) is 12.6. The van der Waals surface area contributed by atoms with Crippen molar-refractivity contribution in [3.8, 4) is 0 Å². The van der Waals surface area contributed by atoms with Crippen LogP contribution in [-0.4, -0.2) is 78.4 Å². The number of anilines is 1. The number of amides is 2. The molecule has 2 fully saturated rings. The number of nitrogens with zero attached hydrogens (tertiary/aromatic N) is 3. The second-order valence-electron chi connectivity index (χ2n) is 9.56. The smallest absolute Gasteiger partial charge is 0.296 e. The van der Waals surface area contributed by atoms with Crippen molar-refractivity contribution < 1.29 is 28.6 Å². The number of halogens is 1. The molecule has 0 aromatic heterocycles. The number of Topliss-reactive ketones (excluding diaryl/α,β-unsaturated/α-hetero) is 1. The Labute approximate surface area is 214 Å². The molecule has 8 nitrogen and oxygen atoms in total. The Morgan fingerprint density at radius 3 is 2.51 bits per heavy atom. The van der Waals surface area contributed by atoms with Gasteiger partial charge in [0.1, 0.15) is 11.6 Å². The average molecular weight is 508 g/mol. The molecule has 1 unspecified atom stereocenters. The van der Waals surface area contributed by atoms with E-state index in [0.29, 0.717) is 49.5 Å². The van der Waals surface area contributed by atoms with Gasteiger partial charge in [-0.25, -0.2) is 4.39 Å². The summed E-state index contributed by atoms with van der Waals surface area (Å²) in [5, 5.41) is 11.4. The van der Waals surface area contributed by atoms with E-state index in [1.54, 1.807) is 31.2 Å². The molecule has 37 heavy (non-hydrogen) atoms. The largest absolute Gasteiger partial charge is 0.507 e. The summed E-state index contributed by atoms with van der Waals surface area (Å²) in [4.78, 5) is 46.3.